The molecule has 2 nitrogen and oxygen atoms in total. The topological polar surface area (TPSA) is 26.3 Å². The zero-order valence-electron chi connectivity index (χ0n) is 9.56. The smallest absolute Gasteiger partial charge is 0.384 e. The SMILES string of the molecule is CCOC(=O)C#Cc1cc(C)c(F)c(C)c1. The molecule has 0 aliphatic rings. The lowest BCUT2D eigenvalue weighted by Gasteiger charge is -2.01. The van der Waals surface area contributed by atoms with Crippen molar-refractivity contribution in [3.63, 3.8) is 0 Å². The molecule has 16 heavy (non-hydrogen) atoms. The van der Waals surface area contributed by atoms with Gasteiger partial charge in [0, 0.05) is 11.5 Å². The normalized spacial score (nSPS) is 9.25. The maximum absolute atomic E-state index is 13.3. The molecule has 0 saturated carbocycles. The molecule has 0 aliphatic heterocycles. The van der Waals surface area contributed by atoms with Gasteiger partial charge < -0.3 is 4.74 Å². The first-order valence-corrected chi connectivity index (χ1v) is 5.00. The Hall–Kier alpha value is -1.82. The van der Waals surface area contributed by atoms with Crippen molar-refractivity contribution in [3.05, 3.63) is 34.6 Å². The summed E-state index contributed by atoms with van der Waals surface area (Å²) < 4.78 is 18.0. The van der Waals surface area contributed by atoms with Crippen LogP contribution in [0.25, 0.3) is 0 Å². The molecule has 3 heteroatoms. The number of carbonyl (C=O) groups excluding carboxylic acids is 1. The maximum Gasteiger partial charge on any atom is 0.384 e. The quantitative estimate of drug-likeness (QED) is 0.536. The van der Waals surface area contributed by atoms with Crippen LogP contribution in [-0.2, 0) is 9.53 Å². The van der Waals surface area contributed by atoms with Crippen molar-refractivity contribution >= 4 is 5.97 Å². The molecule has 0 heterocycles. The van der Waals surface area contributed by atoms with Crippen molar-refractivity contribution in [2.24, 2.45) is 0 Å². The van der Waals surface area contributed by atoms with Crippen LogP contribution in [0.3, 0.4) is 0 Å². The number of aryl methyl sites for hydroxylation is 2. The number of halogens is 1. The summed E-state index contributed by atoms with van der Waals surface area (Å²) in [6.07, 6.45) is 0. The average Bonchev–Trinajstić information content (AvgIpc) is 2.23. The van der Waals surface area contributed by atoms with E-state index in [4.69, 9.17) is 0 Å². The fraction of sp³-hybridized carbons (Fsp3) is 0.308. The van der Waals surface area contributed by atoms with Gasteiger partial charge in [-0.1, -0.05) is 5.92 Å². The molecule has 0 saturated heterocycles. The van der Waals surface area contributed by atoms with Gasteiger partial charge in [-0.05, 0) is 44.0 Å². The number of hydrogen-bond acceptors (Lipinski definition) is 2. The van der Waals surface area contributed by atoms with Crippen molar-refractivity contribution in [1.29, 1.82) is 0 Å². The second-order valence-corrected chi connectivity index (χ2v) is 3.39. The summed E-state index contributed by atoms with van der Waals surface area (Å²) in [7, 11) is 0. The molecule has 84 valence electrons. The summed E-state index contributed by atoms with van der Waals surface area (Å²) in [5.41, 5.74) is 1.66. The Morgan fingerprint density at radius 3 is 2.44 bits per heavy atom. The van der Waals surface area contributed by atoms with Gasteiger partial charge in [0.05, 0.1) is 6.61 Å². The summed E-state index contributed by atoms with van der Waals surface area (Å²) in [4.78, 5) is 11.0. The lowest BCUT2D eigenvalue weighted by atomic mass is 10.1. The highest BCUT2D eigenvalue weighted by Gasteiger charge is 2.02. The van der Waals surface area contributed by atoms with Gasteiger partial charge in [-0.3, -0.25) is 0 Å². The lowest BCUT2D eigenvalue weighted by molar-refractivity contribution is -0.136. The Labute approximate surface area is 94.4 Å². The summed E-state index contributed by atoms with van der Waals surface area (Å²) in [5.74, 6) is 4.19. The van der Waals surface area contributed by atoms with Gasteiger partial charge in [-0.15, -0.1) is 0 Å². The van der Waals surface area contributed by atoms with E-state index in [0.717, 1.165) is 0 Å². The largest absolute Gasteiger partial charge is 0.456 e. The monoisotopic (exact) mass is 220 g/mol. The molecule has 0 spiro atoms. The highest BCUT2D eigenvalue weighted by atomic mass is 19.1. The third-order valence-electron chi connectivity index (χ3n) is 2.02. The lowest BCUT2D eigenvalue weighted by Crippen LogP contribution is -1.99. The minimum Gasteiger partial charge on any atom is -0.456 e. The molecule has 0 aliphatic carbocycles. The van der Waals surface area contributed by atoms with E-state index in [9.17, 15) is 9.18 Å². The van der Waals surface area contributed by atoms with Gasteiger partial charge in [0.1, 0.15) is 5.82 Å². The maximum atomic E-state index is 13.3. The van der Waals surface area contributed by atoms with E-state index in [2.05, 4.69) is 16.6 Å². The number of esters is 1. The molecule has 0 fully saturated rings. The van der Waals surface area contributed by atoms with E-state index in [1.165, 1.54) is 0 Å². The molecule has 1 aromatic rings. The molecule has 0 unspecified atom stereocenters. The second-order valence-electron chi connectivity index (χ2n) is 3.39. The minimum atomic E-state index is -0.567. The molecule has 0 bridgehead atoms. The van der Waals surface area contributed by atoms with Gasteiger partial charge in [0.25, 0.3) is 0 Å². The summed E-state index contributed by atoms with van der Waals surface area (Å²) in [5, 5.41) is 0. The van der Waals surface area contributed by atoms with Crippen LogP contribution in [0.15, 0.2) is 12.1 Å². The molecule has 0 amide bonds. The Morgan fingerprint density at radius 1 is 1.38 bits per heavy atom. The second kappa shape index (κ2) is 5.32. The molecule has 0 aromatic heterocycles. The van der Waals surface area contributed by atoms with Gasteiger partial charge >= 0.3 is 5.97 Å². The summed E-state index contributed by atoms with van der Waals surface area (Å²) in [6, 6.07) is 3.21. The van der Waals surface area contributed by atoms with Crippen LogP contribution in [0.2, 0.25) is 0 Å². The van der Waals surface area contributed by atoms with Crippen LogP contribution in [-0.4, -0.2) is 12.6 Å². The van der Waals surface area contributed by atoms with Crippen LogP contribution in [0, 0.1) is 31.5 Å². The molecule has 1 rings (SSSR count). The van der Waals surface area contributed by atoms with E-state index >= 15 is 0 Å². The molecule has 1 aromatic carbocycles. The van der Waals surface area contributed by atoms with Crippen LogP contribution >= 0.6 is 0 Å². The first-order chi connectivity index (χ1) is 7.54. The summed E-state index contributed by atoms with van der Waals surface area (Å²) in [6.45, 7) is 5.34. The fourth-order valence-electron chi connectivity index (χ4n) is 1.31. The van der Waals surface area contributed by atoms with E-state index in [1.54, 1.807) is 32.9 Å². The first-order valence-electron chi connectivity index (χ1n) is 5.00. The highest BCUT2D eigenvalue weighted by molar-refractivity contribution is 5.89. The third kappa shape index (κ3) is 3.09. The van der Waals surface area contributed by atoms with Gasteiger partial charge in [0.15, 0.2) is 0 Å². The molecular weight excluding hydrogens is 207 g/mol. The number of hydrogen-bond donors (Lipinski definition) is 0. The molecular formula is C13H13FO2. The number of carbonyl (C=O) groups is 1. The number of rotatable bonds is 1. The average molecular weight is 220 g/mol. The predicted molar refractivity (Wildman–Crippen MR) is 59.4 cm³/mol. The first kappa shape index (κ1) is 12.3. The van der Waals surface area contributed by atoms with E-state index in [0.29, 0.717) is 23.3 Å². The zero-order chi connectivity index (χ0) is 12.1. The van der Waals surface area contributed by atoms with Crippen LogP contribution < -0.4 is 0 Å². The Morgan fingerprint density at radius 2 is 1.94 bits per heavy atom. The van der Waals surface area contributed by atoms with Crippen LogP contribution in [0.5, 0.6) is 0 Å². The minimum absolute atomic E-state index is 0.235. The predicted octanol–water partition coefficient (Wildman–Crippen LogP) is 2.36. The van der Waals surface area contributed by atoms with Crippen LogP contribution in [0.1, 0.15) is 23.6 Å². The fourth-order valence-corrected chi connectivity index (χ4v) is 1.31. The Balaban J connectivity index is 2.94. The molecule has 0 radical (unpaired) electrons. The number of ether oxygens (including phenoxy) is 1. The standard InChI is InChI=1S/C13H13FO2/c1-4-16-12(15)6-5-11-7-9(2)13(14)10(3)8-11/h7-8H,4H2,1-3H3. The van der Waals surface area contributed by atoms with Crippen molar-refractivity contribution in [2.45, 2.75) is 20.8 Å². The zero-order valence-corrected chi connectivity index (χ0v) is 9.56. The van der Waals surface area contributed by atoms with Gasteiger partial charge in [-0.2, -0.15) is 0 Å². The van der Waals surface area contributed by atoms with Crippen LogP contribution in [0.4, 0.5) is 4.39 Å². The van der Waals surface area contributed by atoms with Crippen molar-refractivity contribution in [3.8, 4) is 11.8 Å². The third-order valence-corrected chi connectivity index (χ3v) is 2.02. The van der Waals surface area contributed by atoms with E-state index in [1.807, 2.05) is 0 Å². The van der Waals surface area contributed by atoms with Gasteiger partial charge in [0.2, 0.25) is 0 Å². The summed E-state index contributed by atoms with van der Waals surface area (Å²) >= 11 is 0. The Kier molecular flexibility index (Phi) is 4.07. The van der Waals surface area contributed by atoms with E-state index in [-0.39, 0.29) is 5.82 Å². The highest BCUT2D eigenvalue weighted by Crippen LogP contribution is 2.13. The van der Waals surface area contributed by atoms with Crippen molar-refractivity contribution in [1.82, 2.24) is 0 Å². The van der Waals surface area contributed by atoms with Crippen molar-refractivity contribution in [2.75, 3.05) is 6.61 Å². The molecule has 0 N–H and O–H groups in total. The number of benzene rings is 1. The van der Waals surface area contributed by atoms with E-state index < -0.39 is 5.97 Å². The van der Waals surface area contributed by atoms with Crippen molar-refractivity contribution < 1.29 is 13.9 Å². The van der Waals surface area contributed by atoms with Gasteiger partial charge in [-0.25, -0.2) is 9.18 Å². The molecule has 0 atom stereocenters. The Bertz CT molecular complexity index is 444.